The zero-order valence-corrected chi connectivity index (χ0v) is 16.8. The Hall–Kier alpha value is -3.42. The molecule has 0 saturated carbocycles. The van der Waals surface area contributed by atoms with E-state index in [-0.39, 0.29) is 13.1 Å². The summed E-state index contributed by atoms with van der Waals surface area (Å²) in [5.74, 6) is -0.137. The van der Waals surface area contributed by atoms with Gasteiger partial charge in [-0.15, -0.1) is 13.2 Å². The molecular formula is C21H26N4O4. The summed E-state index contributed by atoms with van der Waals surface area (Å²) in [6.07, 6.45) is 3.75. The van der Waals surface area contributed by atoms with Gasteiger partial charge in [0.1, 0.15) is 6.54 Å². The summed E-state index contributed by atoms with van der Waals surface area (Å²) in [6.45, 7) is 10.6. The van der Waals surface area contributed by atoms with E-state index >= 15 is 0 Å². The van der Waals surface area contributed by atoms with Crippen molar-refractivity contribution in [3.8, 4) is 0 Å². The van der Waals surface area contributed by atoms with Crippen molar-refractivity contribution >= 4 is 11.6 Å². The van der Waals surface area contributed by atoms with Crippen LogP contribution in [-0.4, -0.2) is 19.6 Å². The molecule has 1 heterocycles. The number of rotatable bonds is 9. The van der Waals surface area contributed by atoms with Crippen LogP contribution in [0.2, 0.25) is 0 Å². The standard InChI is InChI=1S/C21H26N4O4/c1-5-12-23-19(27)24(13-6-2)21(29)25(20(23)28)14-18(26)22-17-10-8-16(9-11-17)15(4)7-3/h5-6,8-11,15H,1-2,7,12-14H2,3-4H3,(H,22,26)/t15-/m0/s1. The van der Waals surface area contributed by atoms with Gasteiger partial charge in [0.25, 0.3) is 0 Å². The minimum atomic E-state index is -0.859. The van der Waals surface area contributed by atoms with Gasteiger partial charge in [-0.1, -0.05) is 38.1 Å². The number of carbonyl (C=O) groups excluding carboxylic acids is 1. The van der Waals surface area contributed by atoms with Gasteiger partial charge in [-0.3, -0.25) is 4.79 Å². The Kier molecular flexibility index (Phi) is 7.30. The van der Waals surface area contributed by atoms with Gasteiger partial charge in [-0.05, 0) is 30.0 Å². The van der Waals surface area contributed by atoms with Crippen molar-refractivity contribution in [2.24, 2.45) is 0 Å². The second-order valence-corrected chi connectivity index (χ2v) is 6.71. The molecule has 0 aliphatic carbocycles. The molecule has 29 heavy (non-hydrogen) atoms. The van der Waals surface area contributed by atoms with E-state index in [4.69, 9.17) is 0 Å². The van der Waals surface area contributed by atoms with Crippen molar-refractivity contribution in [2.45, 2.75) is 45.8 Å². The van der Waals surface area contributed by atoms with Crippen molar-refractivity contribution < 1.29 is 4.79 Å². The number of nitrogens with one attached hydrogen (secondary N) is 1. The summed E-state index contributed by atoms with van der Waals surface area (Å²) >= 11 is 0. The Balaban J connectivity index is 2.33. The van der Waals surface area contributed by atoms with Crippen molar-refractivity contribution in [3.63, 3.8) is 0 Å². The fourth-order valence-corrected chi connectivity index (χ4v) is 2.86. The summed E-state index contributed by atoms with van der Waals surface area (Å²) in [5.41, 5.74) is -0.770. The lowest BCUT2D eigenvalue weighted by molar-refractivity contribution is -0.116. The van der Waals surface area contributed by atoms with Crippen molar-refractivity contribution in [3.05, 3.63) is 86.6 Å². The maximum atomic E-state index is 12.6. The van der Waals surface area contributed by atoms with Crippen LogP contribution in [-0.2, 0) is 24.4 Å². The lowest BCUT2D eigenvalue weighted by Crippen LogP contribution is -2.55. The van der Waals surface area contributed by atoms with E-state index in [1.54, 1.807) is 12.1 Å². The molecule has 0 fully saturated rings. The van der Waals surface area contributed by atoms with E-state index in [1.807, 2.05) is 12.1 Å². The van der Waals surface area contributed by atoms with Crippen LogP contribution in [0.15, 0.2) is 64.0 Å². The largest absolute Gasteiger partial charge is 0.337 e. The maximum absolute atomic E-state index is 12.6. The highest BCUT2D eigenvalue weighted by molar-refractivity contribution is 5.90. The number of benzene rings is 1. The SMILES string of the molecule is C=CCn1c(=O)n(CC=C)c(=O)n(CC(=O)Nc2ccc([C@@H](C)CC)cc2)c1=O. The Bertz CT molecular complexity index is 1030. The first-order valence-corrected chi connectivity index (χ1v) is 9.40. The molecule has 1 amide bonds. The van der Waals surface area contributed by atoms with Crippen LogP contribution < -0.4 is 22.4 Å². The summed E-state index contributed by atoms with van der Waals surface area (Å²) < 4.78 is 2.44. The van der Waals surface area contributed by atoms with Crippen LogP contribution in [0.25, 0.3) is 0 Å². The minimum Gasteiger partial charge on any atom is -0.325 e. The third kappa shape index (κ3) is 4.90. The van der Waals surface area contributed by atoms with Crippen LogP contribution in [0.5, 0.6) is 0 Å². The van der Waals surface area contributed by atoms with Crippen LogP contribution in [0.1, 0.15) is 31.7 Å². The Morgan fingerprint density at radius 3 is 1.90 bits per heavy atom. The average Bonchev–Trinajstić information content (AvgIpc) is 2.71. The van der Waals surface area contributed by atoms with Crippen molar-refractivity contribution in [1.29, 1.82) is 0 Å². The number of carbonyl (C=O) groups is 1. The number of amides is 1. The lowest BCUT2D eigenvalue weighted by atomic mass is 9.99. The smallest absolute Gasteiger partial charge is 0.325 e. The molecule has 0 radical (unpaired) electrons. The molecule has 0 spiro atoms. The molecule has 2 aromatic rings. The van der Waals surface area contributed by atoms with E-state index in [9.17, 15) is 19.2 Å². The quantitative estimate of drug-likeness (QED) is 0.651. The predicted molar refractivity (Wildman–Crippen MR) is 113 cm³/mol. The number of nitrogens with zero attached hydrogens (tertiary/aromatic N) is 3. The predicted octanol–water partition coefficient (Wildman–Crippen LogP) is 1.70. The summed E-state index contributed by atoms with van der Waals surface area (Å²) in [5, 5.41) is 2.67. The van der Waals surface area contributed by atoms with Gasteiger partial charge in [-0.25, -0.2) is 28.1 Å². The van der Waals surface area contributed by atoms with Crippen LogP contribution in [0, 0.1) is 0 Å². The molecule has 2 rings (SSSR count). The molecule has 1 aromatic heterocycles. The second-order valence-electron chi connectivity index (χ2n) is 6.71. The normalized spacial score (nSPS) is 11.7. The van der Waals surface area contributed by atoms with E-state index in [1.165, 1.54) is 12.2 Å². The number of aromatic nitrogens is 3. The fraction of sp³-hybridized carbons (Fsp3) is 0.333. The third-order valence-electron chi connectivity index (χ3n) is 4.69. The summed E-state index contributed by atoms with van der Waals surface area (Å²) in [7, 11) is 0. The van der Waals surface area contributed by atoms with E-state index in [0.29, 0.717) is 11.6 Å². The van der Waals surface area contributed by atoms with Gasteiger partial charge >= 0.3 is 17.1 Å². The molecule has 8 nitrogen and oxygen atoms in total. The van der Waals surface area contributed by atoms with Crippen LogP contribution in [0.3, 0.4) is 0 Å². The van der Waals surface area contributed by atoms with Crippen LogP contribution in [0.4, 0.5) is 5.69 Å². The molecule has 0 aliphatic heterocycles. The van der Waals surface area contributed by atoms with Crippen molar-refractivity contribution in [2.75, 3.05) is 5.32 Å². The number of allylic oxidation sites excluding steroid dienone is 2. The molecule has 8 heteroatoms. The second kappa shape index (κ2) is 9.68. The van der Waals surface area contributed by atoms with Gasteiger partial charge in [0.15, 0.2) is 0 Å². The lowest BCUT2D eigenvalue weighted by Gasteiger charge is -2.13. The molecule has 154 valence electrons. The van der Waals surface area contributed by atoms with Gasteiger partial charge in [-0.2, -0.15) is 0 Å². The number of anilines is 1. The molecule has 1 aromatic carbocycles. The first-order valence-electron chi connectivity index (χ1n) is 9.40. The highest BCUT2D eigenvalue weighted by Gasteiger charge is 2.16. The van der Waals surface area contributed by atoms with E-state index in [0.717, 1.165) is 25.7 Å². The number of hydrogen-bond acceptors (Lipinski definition) is 4. The molecule has 0 aliphatic rings. The molecule has 1 N–H and O–H groups in total. The summed E-state index contributed by atoms with van der Waals surface area (Å²) in [6, 6.07) is 7.40. The molecule has 1 atom stereocenters. The Labute approximate surface area is 168 Å². The average molecular weight is 398 g/mol. The fourth-order valence-electron chi connectivity index (χ4n) is 2.86. The van der Waals surface area contributed by atoms with Gasteiger partial charge in [0.05, 0.1) is 13.1 Å². The molecular weight excluding hydrogens is 372 g/mol. The third-order valence-corrected chi connectivity index (χ3v) is 4.69. The highest BCUT2D eigenvalue weighted by Crippen LogP contribution is 2.20. The van der Waals surface area contributed by atoms with Gasteiger partial charge in [0, 0.05) is 5.69 Å². The molecule has 0 unspecified atom stereocenters. The zero-order valence-electron chi connectivity index (χ0n) is 16.8. The Morgan fingerprint density at radius 2 is 1.45 bits per heavy atom. The first kappa shape index (κ1) is 21.9. The van der Waals surface area contributed by atoms with Crippen molar-refractivity contribution in [1.82, 2.24) is 13.7 Å². The first-order chi connectivity index (χ1) is 13.8. The maximum Gasteiger partial charge on any atom is 0.337 e. The minimum absolute atomic E-state index is 0.0756. The van der Waals surface area contributed by atoms with Gasteiger partial charge in [0.2, 0.25) is 5.91 Å². The molecule has 0 saturated heterocycles. The van der Waals surface area contributed by atoms with E-state index < -0.39 is 29.5 Å². The Morgan fingerprint density at radius 1 is 0.966 bits per heavy atom. The van der Waals surface area contributed by atoms with Gasteiger partial charge < -0.3 is 5.32 Å². The summed E-state index contributed by atoms with van der Waals surface area (Å²) in [4.78, 5) is 49.9. The number of hydrogen-bond donors (Lipinski definition) is 1. The highest BCUT2D eigenvalue weighted by atomic mass is 16.2. The monoisotopic (exact) mass is 398 g/mol. The molecule has 0 bridgehead atoms. The topological polar surface area (TPSA) is 95.1 Å². The van der Waals surface area contributed by atoms with Crippen LogP contribution >= 0.6 is 0 Å². The zero-order chi connectivity index (χ0) is 21.6. The van der Waals surface area contributed by atoms with E-state index in [2.05, 4.69) is 32.3 Å².